The van der Waals surface area contributed by atoms with E-state index in [1.165, 1.54) is 0 Å². The first-order valence-corrected chi connectivity index (χ1v) is 8.52. The van der Waals surface area contributed by atoms with Gasteiger partial charge in [-0.15, -0.1) is 0 Å². The monoisotopic (exact) mass is 421 g/mol. The van der Waals surface area contributed by atoms with E-state index in [-0.39, 0.29) is 5.75 Å². The van der Waals surface area contributed by atoms with Crippen LogP contribution in [0.4, 0.5) is 0 Å². The Morgan fingerprint density at radius 1 is 0.893 bits per heavy atom. The molecule has 0 fully saturated rings. The van der Waals surface area contributed by atoms with Crippen LogP contribution in [0.15, 0.2) is 0 Å². The molecule has 0 heterocycles. The van der Waals surface area contributed by atoms with E-state index in [0.717, 1.165) is 6.92 Å². The van der Waals surface area contributed by atoms with Gasteiger partial charge in [-0.25, -0.2) is 0 Å². The smallest absolute Gasteiger partial charge is 0.325 e. The summed E-state index contributed by atoms with van der Waals surface area (Å²) in [6.07, 6.45) is -1.30. The maximum Gasteiger partial charge on any atom is 0.325 e. The molecule has 0 rings (SSSR count). The van der Waals surface area contributed by atoms with Crippen LogP contribution in [0, 0.1) is 0 Å². The van der Waals surface area contributed by atoms with Gasteiger partial charge >= 0.3 is 11.9 Å². The Labute approximate surface area is 165 Å². The molecule has 0 bridgehead atoms. The number of rotatable bonds is 12. The lowest BCUT2D eigenvalue weighted by Gasteiger charge is -2.23. The van der Waals surface area contributed by atoms with Crippen LogP contribution < -0.4 is 27.4 Å². The van der Waals surface area contributed by atoms with Gasteiger partial charge in [-0.1, -0.05) is 0 Å². The standard InChI is InChI=1S/C14H23N5O8S/c1-5(14(26)27)17-12(24)7(3-10(21)22)18-13(25)8(4-28)19-11(23)6(15)2-9(16)20/h5-8,28H,2-4,15H2,1H3,(H2,16,20)(H,17,24)(H,18,25)(H,19,23)(H,21,22)(H,26,27). The van der Waals surface area contributed by atoms with Crippen LogP contribution in [0.25, 0.3) is 0 Å². The predicted molar refractivity (Wildman–Crippen MR) is 97.0 cm³/mol. The molecule has 0 saturated carbocycles. The molecule has 4 amide bonds. The van der Waals surface area contributed by atoms with Gasteiger partial charge < -0.3 is 37.6 Å². The fraction of sp³-hybridized carbons (Fsp3) is 0.571. The highest BCUT2D eigenvalue weighted by atomic mass is 32.1. The van der Waals surface area contributed by atoms with Gasteiger partial charge in [0.15, 0.2) is 0 Å². The maximum atomic E-state index is 12.3. The summed E-state index contributed by atoms with van der Waals surface area (Å²) < 4.78 is 0. The molecule has 0 aromatic rings. The van der Waals surface area contributed by atoms with E-state index in [0.29, 0.717) is 0 Å². The largest absolute Gasteiger partial charge is 0.481 e. The number of carbonyl (C=O) groups excluding carboxylic acids is 4. The fourth-order valence-electron chi connectivity index (χ4n) is 1.81. The summed E-state index contributed by atoms with van der Waals surface area (Å²) in [5, 5.41) is 24.0. The van der Waals surface area contributed by atoms with Crippen molar-refractivity contribution in [3.05, 3.63) is 0 Å². The number of primary amides is 1. The van der Waals surface area contributed by atoms with E-state index in [4.69, 9.17) is 21.7 Å². The lowest BCUT2D eigenvalue weighted by atomic mass is 10.1. The third-order valence-electron chi connectivity index (χ3n) is 3.31. The molecule has 0 radical (unpaired) electrons. The highest BCUT2D eigenvalue weighted by Gasteiger charge is 2.30. The Morgan fingerprint density at radius 2 is 1.39 bits per heavy atom. The van der Waals surface area contributed by atoms with Crippen molar-refractivity contribution < 1.29 is 39.0 Å². The molecular formula is C14H23N5O8S. The normalized spacial score (nSPS) is 14.7. The highest BCUT2D eigenvalue weighted by molar-refractivity contribution is 7.80. The van der Waals surface area contributed by atoms with E-state index < -0.39 is 72.6 Å². The Balaban J connectivity index is 5.12. The van der Waals surface area contributed by atoms with Gasteiger partial charge in [-0.3, -0.25) is 28.8 Å². The fourth-order valence-corrected chi connectivity index (χ4v) is 2.07. The molecule has 0 aromatic carbocycles. The summed E-state index contributed by atoms with van der Waals surface area (Å²) in [6, 6.07) is -5.56. The van der Waals surface area contributed by atoms with Crippen molar-refractivity contribution >= 4 is 48.2 Å². The van der Waals surface area contributed by atoms with E-state index in [1.54, 1.807) is 0 Å². The number of carbonyl (C=O) groups is 6. The average Bonchev–Trinajstić information content (AvgIpc) is 2.57. The summed E-state index contributed by atoms with van der Waals surface area (Å²) in [7, 11) is 0. The van der Waals surface area contributed by atoms with Crippen LogP contribution in [-0.2, 0) is 28.8 Å². The molecule has 0 saturated heterocycles. The number of hydrogen-bond acceptors (Lipinski definition) is 8. The summed E-state index contributed by atoms with van der Waals surface area (Å²) in [4.78, 5) is 68.7. The van der Waals surface area contributed by atoms with E-state index >= 15 is 0 Å². The second kappa shape index (κ2) is 11.8. The summed E-state index contributed by atoms with van der Waals surface area (Å²) in [5.74, 6) is -6.75. The van der Waals surface area contributed by atoms with Crippen molar-refractivity contribution in [2.45, 2.75) is 43.9 Å². The van der Waals surface area contributed by atoms with Crippen molar-refractivity contribution in [1.82, 2.24) is 16.0 Å². The summed E-state index contributed by atoms with van der Waals surface area (Å²) in [5.41, 5.74) is 10.4. The van der Waals surface area contributed by atoms with Crippen LogP contribution in [0.2, 0.25) is 0 Å². The number of nitrogens with one attached hydrogen (secondary N) is 3. The molecule has 0 aliphatic heterocycles. The number of thiol groups is 1. The average molecular weight is 421 g/mol. The number of amides is 4. The predicted octanol–water partition coefficient (Wildman–Crippen LogP) is -3.85. The van der Waals surface area contributed by atoms with Gasteiger partial charge in [-0.2, -0.15) is 12.6 Å². The molecular weight excluding hydrogens is 398 g/mol. The number of aliphatic carboxylic acids is 2. The SMILES string of the molecule is CC(NC(=O)C(CC(=O)O)NC(=O)C(CS)NC(=O)C(N)CC(N)=O)C(=O)O. The first-order valence-electron chi connectivity index (χ1n) is 7.89. The van der Waals surface area contributed by atoms with Crippen molar-refractivity contribution in [3.63, 3.8) is 0 Å². The molecule has 4 atom stereocenters. The van der Waals surface area contributed by atoms with Crippen LogP contribution in [0.3, 0.4) is 0 Å². The van der Waals surface area contributed by atoms with Crippen molar-refractivity contribution in [2.24, 2.45) is 11.5 Å². The van der Waals surface area contributed by atoms with E-state index in [9.17, 15) is 28.8 Å². The first-order chi connectivity index (χ1) is 12.9. The zero-order valence-corrected chi connectivity index (χ0v) is 15.8. The van der Waals surface area contributed by atoms with E-state index in [2.05, 4.69) is 23.3 Å². The van der Waals surface area contributed by atoms with Gasteiger partial charge in [0.2, 0.25) is 23.6 Å². The number of carboxylic acid groups (broad SMARTS) is 2. The molecule has 4 unspecified atom stereocenters. The lowest BCUT2D eigenvalue weighted by molar-refractivity contribution is -0.143. The minimum absolute atomic E-state index is 0.242. The molecule has 0 aliphatic rings. The molecule has 13 nitrogen and oxygen atoms in total. The topological polar surface area (TPSA) is 231 Å². The van der Waals surface area contributed by atoms with Crippen LogP contribution in [0.5, 0.6) is 0 Å². The van der Waals surface area contributed by atoms with Gasteiger partial charge in [0.25, 0.3) is 0 Å². The Hall–Kier alpha value is -2.87. The van der Waals surface area contributed by atoms with Crippen LogP contribution >= 0.6 is 12.6 Å². The molecule has 158 valence electrons. The number of nitrogens with two attached hydrogens (primary N) is 2. The van der Waals surface area contributed by atoms with Crippen molar-refractivity contribution in [1.29, 1.82) is 0 Å². The van der Waals surface area contributed by atoms with Gasteiger partial charge in [-0.05, 0) is 6.92 Å². The molecule has 0 aromatic heterocycles. The molecule has 0 aliphatic carbocycles. The summed E-state index contributed by atoms with van der Waals surface area (Å²) in [6.45, 7) is 1.15. The summed E-state index contributed by atoms with van der Waals surface area (Å²) >= 11 is 3.89. The number of hydrogen-bond donors (Lipinski definition) is 8. The Bertz CT molecular complexity index is 643. The number of carboxylic acids is 2. The van der Waals surface area contributed by atoms with Crippen molar-refractivity contribution in [3.8, 4) is 0 Å². The molecule has 0 spiro atoms. The second-order valence-electron chi connectivity index (χ2n) is 5.75. The van der Waals surface area contributed by atoms with Crippen LogP contribution in [0.1, 0.15) is 19.8 Å². The van der Waals surface area contributed by atoms with Gasteiger partial charge in [0.1, 0.15) is 18.1 Å². The van der Waals surface area contributed by atoms with Gasteiger partial charge in [0.05, 0.1) is 18.9 Å². The second-order valence-corrected chi connectivity index (χ2v) is 6.11. The van der Waals surface area contributed by atoms with Gasteiger partial charge in [0, 0.05) is 5.75 Å². The highest BCUT2D eigenvalue weighted by Crippen LogP contribution is 1.99. The van der Waals surface area contributed by atoms with E-state index in [1.807, 2.05) is 5.32 Å². The Morgan fingerprint density at radius 3 is 1.82 bits per heavy atom. The zero-order chi connectivity index (χ0) is 22.0. The van der Waals surface area contributed by atoms with Crippen molar-refractivity contribution in [2.75, 3.05) is 5.75 Å². The first kappa shape index (κ1) is 25.1. The Kier molecular flexibility index (Phi) is 10.6. The quantitative estimate of drug-likeness (QED) is 0.144. The molecule has 14 heteroatoms. The maximum absolute atomic E-state index is 12.3. The third kappa shape index (κ3) is 9.18. The zero-order valence-electron chi connectivity index (χ0n) is 14.9. The third-order valence-corrected chi connectivity index (χ3v) is 3.68. The minimum Gasteiger partial charge on any atom is -0.481 e. The molecule has 9 N–H and O–H groups in total. The minimum atomic E-state index is -1.61. The van der Waals surface area contributed by atoms with Crippen LogP contribution in [-0.4, -0.2) is 75.7 Å². The molecule has 28 heavy (non-hydrogen) atoms. The lowest BCUT2D eigenvalue weighted by Crippen LogP contribution is -2.58.